The molecule has 2 aromatic rings. The van der Waals surface area contributed by atoms with E-state index in [1.54, 1.807) is 13.2 Å². The first-order valence-electron chi connectivity index (χ1n) is 7.42. The first-order chi connectivity index (χ1) is 10.7. The van der Waals surface area contributed by atoms with E-state index in [2.05, 4.69) is 12.1 Å². The van der Waals surface area contributed by atoms with Crippen LogP contribution in [0.5, 0.6) is 5.75 Å². The number of methoxy groups -OCH3 is 1. The summed E-state index contributed by atoms with van der Waals surface area (Å²) in [6.45, 7) is 1.80. The van der Waals surface area contributed by atoms with Crippen molar-refractivity contribution in [3.8, 4) is 5.75 Å². The molecule has 2 N–H and O–H groups in total. The second kappa shape index (κ2) is 6.23. The molecule has 0 radical (unpaired) electrons. The van der Waals surface area contributed by atoms with Crippen molar-refractivity contribution in [2.45, 2.75) is 18.9 Å². The molecule has 0 aliphatic carbocycles. The Kier molecular flexibility index (Phi) is 4.15. The number of benzene rings is 1. The average Bonchev–Trinajstić information content (AvgIpc) is 3.23. The molecule has 1 fully saturated rings. The number of nitrogens with zero attached hydrogens (tertiary/aromatic N) is 1. The zero-order valence-corrected chi connectivity index (χ0v) is 12.6. The van der Waals surface area contributed by atoms with Gasteiger partial charge in [0.25, 0.3) is 5.91 Å². The fourth-order valence-corrected chi connectivity index (χ4v) is 2.88. The molecule has 0 spiro atoms. The van der Waals surface area contributed by atoms with Crippen LogP contribution < -0.4 is 10.5 Å². The number of ether oxygens (including phenoxy) is 1. The monoisotopic (exact) mass is 300 g/mol. The molecule has 1 aromatic carbocycles. The second-order valence-corrected chi connectivity index (χ2v) is 5.52. The largest absolute Gasteiger partial charge is 0.497 e. The maximum atomic E-state index is 12.5. The molecule has 1 aromatic heterocycles. The predicted octanol–water partition coefficient (Wildman–Crippen LogP) is 2.38. The van der Waals surface area contributed by atoms with Gasteiger partial charge in [0.1, 0.15) is 17.8 Å². The van der Waals surface area contributed by atoms with Gasteiger partial charge in [-0.25, -0.2) is 0 Å². The second-order valence-electron chi connectivity index (χ2n) is 5.52. The maximum absolute atomic E-state index is 12.5. The quantitative estimate of drug-likeness (QED) is 0.941. The SMILES string of the molecule is COc1ccc(C2CCN(C(=O)c3coc(CN)c3)C2)cc1. The molecule has 116 valence electrons. The van der Waals surface area contributed by atoms with E-state index in [9.17, 15) is 4.79 Å². The van der Waals surface area contributed by atoms with Crippen LogP contribution in [0.3, 0.4) is 0 Å². The third-order valence-corrected chi connectivity index (χ3v) is 4.16. The summed E-state index contributed by atoms with van der Waals surface area (Å²) in [5.74, 6) is 1.87. The molecule has 5 heteroatoms. The van der Waals surface area contributed by atoms with Gasteiger partial charge in [-0.2, -0.15) is 0 Å². The van der Waals surface area contributed by atoms with Gasteiger partial charge < -0.3 is 19.8 Å². The van der Waals surface area contributed by atoms with Gasteiger partial charge in [0.2, 0.25) is 0 Å². The van der Waals surface area contributed by atoms with Gasteiger partial charge in [-0.3, -0.25) is 4.79 Å². The summed E-state index contributed by atoms with van der Waals surface area (Å²) < 4.78 is 10.4. The topological polar surface area (TPSA) is 68.7 Å². The van der Waals surface area contributed by atoms with Crippen LogP contribution in [0.1, 0.15) is 34.0 Å². The molecule has 3 rings (SSSR count). The van der Waals surface area contributed by atoms with E-state index in [1.165, 1.54) is 11.8 Å². The van der Waals surface area contributed by atoms with E-state index in [1.807, 2.05) is 17.0 Å². The van der Waals surface area contributed by atoms with Crippen molar-refractivity contribution >= 4 is 5.91 Å². The minimum Gasteiger partial charge on any atom is -0.497 e. The normalized spacial score (nSPS) is 17.7. The highest BCUT2D eigenvalue weighted by molar-refractivity contribution is 5.94. The van der Waals surface area contributed by atoms with Crippen LogP contribution >= 0.6 is 0 Å². The number of hydrogen-bond donors (Lipinski definition) is 1. The van der Waals surface area contributed by atoms with Crippen LogP contribution in [0.4, 0.5) is 0 Å². The van der Waals surface area contributed by atoms with E-state index in [0.717, 1.165) is 25.3 Å². The molecule has 0 saturated carbocycles. The highest BCUT2D eigenvalue weighted by Gasteiger charge is 2.28. The number of rotatable bonds is 4. The number of carbonyl (C=O) groups excluding carboxylic acids is 1. The number of likely N-dealkylation sites (tertiary alicyclic amines) is 1. The van der Waals surface area contributed by atoms with Gasteiger partial charge >= 0.3 is 0 Å². The summed E-state index contributed by atoms with van der Waals surface area (Å²) in [4.78, 5) is 14.3. The highest BCUT2D eigenvalue weighted by atomic mass is 16.5. The standard InChI is InChI=1S/C17H20N2O3/c1-21-15-4-2-12(3-5-15)13-6-7-19(10-13)17(20)14-8-16(9-18)22-11-14/h2-5,8,11,13H,6-7,9-10,18H2,1H3. The first-order valence-corrected chi connectivity index (χ1v) is 7.42. The number of amides is 1. The smallest absolute Gasteiger partial charge is 0.257 e. The van der Waals surface area contributed by atoms with Crippen molar-refractivity contribution in [1.82, 2.24) is 4.90 Å². The molecule has 0 bridgehead atoms. The van der Waals surface area contributed by atoms with Gasteiger partial charge in [0.05, 0.1) is 19.2 Å². The van der Waals surface area contributed by atoms with E-state index < -0.39 is 0 Å². The molecule has 1 aliphatic rings. The highest BCUT2D eigenvalue weighted by Crippen LogP contribution is 2.29. The van der Waals surface area contributed by atoms with Crippen LogP contribution in [0.2, 0.25) is 0 Å². The molecular formula is C17H20N2O3. The van der Waals surface area contributed by atoms with Crippen molar-refractivity contribution in [2.24, 2.45) is 5.73 Å². The molecule has 22 heavy (non-hydrogen) atoms. The van der Waals surface area contributed by atoms with Gasteiger partial charge in [0.15, 0.2) is 0 Å². The van der Waals surface area contributed by atoms with Crippen LogP contribution in [-0.2, 0) is 6.54 Å². The van der Waals surface area contributed by atoms with Crippen LogP contribution in [0.25, 0.3) is 0 Å². The fraction of sp³-hybridized carbons (Fsp3) is 0.353. The fourth-order valence-electron chi connectivity index (χ4n) is 2.88. The van der Waals surface area contributed by atoms with Crippen LogP contribution in [0, 0.1) is 0 Å². The summed E-state index contributed by atoms with van der Waals surface area (Å²) >= 11 is 0. The lowest BCUT2D eigenvalue weighted by Gasteiger charge is -2.16. The van der Waals surface area contributed by atoms with E-state index >= 15 is 0 Å². The number of nitrogens with two attached hydrogens (primary N) is 1. The summed E-state index contributed by atoms with van der Waals surface area (Å²) in [6.07, 6.45) is 2.46. The Hall–Kier alpha value is -2.27. The van der Waals surface area contributed by atoms with E-state index in [0.29, 0.717) is 23.8 Å². The predicted molar refractivity (Wildman–Crippen MR) is 82.9 cm³/mol. The summed E-state index contributed by atoms with van der Waals surface area (Å²) in [7, 11) is 1.66. The van der Waals surface area contributed by atoms with Crippen molar-refractivity contribution in [1.29, 1.82) is 0 Å². The Morgan fingerprint density at radius 1 is 1.41 bits per heavy atom. The molecular weight excluding hydrogens is 280 g/mol. The third-order valence-electron chi connectivity index (χ3n) is 4.16. The maximum Gasteiger partial charge on any atom is 0.257 e. The summed E-state index contributed by atoms with van der Waals surface area (Å²) in [5, 5.41) is 0. The molecule has 1 aliphatic heterocycles. The Morgan fingerprint density at radius 3 is 2.82 bits per heavy atom. The third kappa shape index (κ3) is 2.85. The minimum atomic E-state index is 0.0134. The van der Waals surface area contributed by atoms with E-state index in [4.69, 9.17) is 14.9 Å². The van der Waals surface area contributed by atoms with Gasteiger partial charge in [-0.1, -0.05) is 12.1 Å². The molecule has 1 amide bonds. The molecule has 1 unspecified atom stereocenters. The zero-order chi connectivity index (χ0) is 15.5. The van der Waals surface area contributed by atoms with Gasteiger partial charge in [-0.05, 0) is 30.2 Å². The lowest BCUT2D eigenvalue weighted by Crippen LogP contribution is -2.28. The van der Waals surface area contributed by atoms with Gasteiger partial charge in [-0.15, -0.1) is 0 Å². The first kappa shape index (κ1) is 14.7. The summed E-state index contributed by atoms with van der Waals surface area (Å²) in [6, 6.07) is 9.79. The van der Waals surface area contributed by atoms with Crippen LogP contribution in [-0.4, -0.2) is 31.0 Å². The molecule has 1 saturated heterocycles. The zero-order valence-electron chi connectivity index (χ0n) is 12.6. The Bertz CT molecular complexity index is 648. The number of carbonyl (C=O) groups is 1. The van der Waals surface area contributed by atoms with E-state index in [-0.39, 0.29) is 5.91 Å². The molecule has 2 heterocycles. The average molecular weight is 300 g/mol. The lowest BCUT2D eigenvalue weighted by atomic mass is 9.98. The van der Waals surface area contributed by atoms with Crippen molar-refractivity contribution in [3.05, 3.63) is 53.5 Å². The van der Waals surface area contributed by atoms with Gasteiger partial charge in [0, 0.05) is 19.0 Å². The van der Waals surface area contributed by atoms with Crippen molar-refractivity contribution in [2.75, 3.05) is 20.2 Å². The Balaban J connectivity index is 1.67. The molecule has 1 atom stereocenters. The van der Waals surface area contributed by atoms with Crippen molar-refractivity contribution < 1.29 is 13.9 Å². The summed E-state index contributed by atoms with van der Waals surface area (Å²) in [5.41, 5.74) is 7.33. The number of furan rings is 1. The molecule has 5 nitrogen and oxygen atoms in total. The van der Waals surface area contributed by atoms with Crippen LogP contribution in [0.15, 0.2) is 41.0 Å². The lowest BCUT2D eigenvalue weighted by molar-refractivity contribution is 0.0790. The van der Waals surface area contributed by atoms with Crippen molar-refractivity contribution in [3.63, 3.8) is 0 Å². The Labute approximate surface area is 129 Å². The number of hydrogen-bond acceptors (Lipinski definition) is 4. The minimum absolute atomic E-state index is 0.0134. The Morgan fingerprint density at radius 2 is 2.18 bits per heavy atom.